The lowest BCUT2D eigenvalue weighted by Crippen LogP contribution is -2.27. The molecule has 0 fully saturated rings. The fourth-order valence-electron chi connectivity index (χ4n) is 2.82. The van der Waals surface area contributed by atoms with Crippen molar-refractivity contribution < 1.29 is 23.8 Å². The number of benzene rings is 2. The number of Topliss-reactive ketones (excluding diaryl/α,β-unsaturated/α-hetero) is 1. The van der Waals surface area contributed by atoms with Crippen molar-refractivity contribution in [2.24, 2.45) is 0 Å². The van der Waals surface area contributed by atoms with Crippen molar-refractivity contribution in [1.82, 2.24) is 4.98 Å². The molecular formula is C22H23NO5. The van der Waals surface area contributed by atoms with Gasteiger partial charge in [0.2, 0.25) is 5.78 Å². The van der Waals surface area contributed by atoms with Gasteiger partial charge in [-0.2, -0.15) is 0 Å². The van der Waals surface area contributed by atoms with E-state index in [-0.39, 0.29) is 12.4 Å². The maximum Gasteiger partial charge on any atom is 0.344 e. The molecule has 6 heteroatoms. The molecule has 0 saturated heterocycles. The summed E-state index contributed by atoms with van der Waals surface area (Å²) in [6.45, 7) is 3.81. The molecule has 0 radical (unpaired) electrons. The van der Waals surface area contributed by atoms with Crippen molar-refractivity contribution in [2.75, 3.05) is 13.2 Å². The minimum absolute atomic E-state index is 0.266. The molecule has 1 atom stereocenters. The lowest BCUT2D eigenvalue weighted by molar-refractivity contribution is -0.148. The van der Waals surface area contributed by atoms with Crippen LogP contribution in [0.1, 0.15) is 30.6 Å². The summed E-state index contributed by atoms with van der Waals surface area (Å²) in [5.74, 6) is 0.145. The number of nitrogens with one attached hydrogen (secondary N) is 1. The first-order valence-electron chi connectivity index (χ1n) is 9.24. The van der Waals surface area contributed by atoms with Crippen molar-refractivity contribution in [1.29, 1.82) is 0 Å². The quantitative estimate of drug-likeness (QED) is 0.445. The predicted octanol–water partition coefficient (Wildman–Crippen LogP) is 4.15. The van der Waals surface area contributed by atoms with E-state index in [9.17, 15) is 9.59 Å². The SMILES string of the molecule is CCCOc1ccccc1OCC(=O)O[C@@H](C)C(=O)c1c[nH]c2ccccc12. The van der Waals surface area contributed by atoms with Gasteiger partial charge in [0.1, 0.15) is 0 Å². The molecule has 0 bridgehead atoms. The summed E-state index contributed by atoms with van der Waals surface area (Å²) in [6, 6.07) is 14.6. The number of aromatic amines is 1. The zero-order chi connectivity index (χ0) is 19.9. The number of ketones is 1. The summed E-state index contributed by atoms with van der Waals surface area (Å²) in [4.78, 5) is 27.8. The monoisotopic (exact) mass is 381 g/mol. The van der Waals surface area contributed by atoms with E-state index >= 15 is 0 Å². The molecular weight excluding hydrogens is 358 g/mol. The van der Waals surface area contributed by atoms with Crippen LogP contribution >= 0.6 is 0 Å². The van der Waals surface area contributed by atoms with Crippen LogP contribution in [0, 0.1) is 0 Å². The van der Waals surface area contributed by atoms with Gasteiger partial charge in [0, 0.05) is 22.7 Å². The van der Waals surface area contributed by atoms with Gasteiger partial charge in [-0.15, -0.1) is 0 Å². The maximum atomic E-state index is 12.6. The van der Waals surface area contributed by atoms with Crippen LogP contribution in [0.2, 0.25) is 0 Å². The van der Waals surface area contributed by atoms with Gasteiger partial charge < -0.3 is 19.2 Å². The molecule has 6 nitrogen and oxygen atoms in total. The van der Waals surface area contributed by atoms with Crippen LogP contribution in [0.5, 0.6) is 11.5 Å². The third-order valence-electron chi connectivity index (χ3n) is 4.19. The van der Waals surface area contributed by atoms with E-state index in [4.69, 9.17) is 14.2 Å². The molecule has 2 aromatic carbocycles. The molecule has 146 valence electrons. The molecule has 1 aromatic heterocycles. The van der Waals surface area contributed by atoms with Crippen LogP contribution in [0.15, 0.2) is 54.7 Å². The smallest absolute Gasteiger partial charge is 0.344 e. The van der Waals surface area contributed by atoms with E-state index in [2.05, 4.69) is 4.98 Å². The molecule has 3 aromatic rings. The van der Waals surface area contributed by atoms with Crippen molar-refractivity contribution in [2.45, 2.75) is 26.4 Å². The Morgan fingerprint density at radius 1 is 1.00 bits per heavy atom. The van der Waals surface area contributed by atoms with Crippen molar-refractivity contribution in [3.63, 3.8) is 0 Å². The Morgan fingerprint density at radius 3 is 2.43 bits per heavy atom. The van der Waals surface area contributed by atoms with E-state index in [0.717, 1.165) is 17.3 Å². The van der Waals surface area contributed by atoms with Gasteiger partial charge in [0.15, 0.2) is 24.2 Å². The first-order valence-corrected chi connectivity index (χ1v) is 9.24. The highest BCUT2D eigenvalue weighted by Crippen LogP contribution is 2.26. The predicted molar refractivity (Wildman–Crippen MR) is 106 cm³/mol. The number of aromatic nitrogens is 1. The third kappa shape index (κ3) is 4.52. The van der Waals surface area contributed by atoms with Crippen molar-refractivity contribution >= 4 is 22.7 Å². The number of carbonyl (C=O) groups excluding carboxylic acids is 2. The standard InChI is InChI=1S/C22H23NO5/c1-3-12-26-19-10-6-7-11-20(19)27-14-21(24)28-15(2)22(25)17-13-23-18-9-5-4-8-16(17)18/h4-11,13,15,23H,3,12,14H2,1-2H3/t15-/m0/s1. The molecule has 0 aliphatic heterocycles. The molecule has 0 aliphatic rings. The molecule has 0 saturated carbocycles. The summed E-state index contributed by atoms with van der Waals surface area (Å²) in [5, 5.41) is 0.800. The van der Waals surface area contributed by atoms with Gasteiger partial charge in [0.05, 0.1) is 6.61 Å². The second kappa shape index (κ2) is 9.08. The molecule has 0 unspecified atom stereocenters. The van der Waals surface area contributed by atoms with Crippen LogP contribution in [0.3, 0.4) is 0 Å². The number of ether oxygens (including phenoxy) is 3. The van der Waals surface area contributed by atoms with Crippen molar-refractivity contribution in [3.8, 4) is 11.5 Å². The highest BCUT2D eigenvalue weighted by molar-refractivity contribution is 6.10. The Morgan fingerprint density at radius 2 is 1.68 bits per heavy atom. The number of hydrogen-bond acceptors (Lipinski definition) is 5. The second-order valence-electron chi connectivity index (χ2n) is 6.33. The van der Waals surface area contributed by atoms with Gasteiger partial charge in [-0.05, 0) is 31.5 Å². The van der Waals surface area contributed by atoms with Crippen LogP contribution in [0.4, 0.5) is 0 Å². The fraction of sp³-hybridized carbons (Fsp3) is 0.273. The topological polar surface area (TPSA) is 77.6 Å². The maximum absolute atomic E-state index is 12.6. The number of hydrogen-bond donors (Lipinski definition) is 1. The van der Waals surface area contributed by atoms with Gasteiger partial charge in [-0.25, -0.2) is 4.79 Å². The van der Waals surface area contributed by atoms with Gasteiger partial charge in [-0.1, -0.05) is 37.3 Å². The van der Waals surface area contributed by atoms with Crippen LogP contribution in [-0.4, -0.2) is 36.1 Å². The zero-order valence-corrected chi connectivity index (χ0v) is 15.9. The Balaban J connectivity index is 1.58. The molecule has 1 heterocycles. The zero-order valence-electron chi connectivity index (χ0n) is 15.9. The van der Waals surface area contributed by atoms with E-state index < -0.39 is 12.1 Å². The van der Waals surface area contributed by atoms with Gasteiger partial charge in [-0.3, -0.25) is 4.79 Å². The largest absolute Gasteiger partial charge is 0.490 e. The highest BCUT2D eigenvalue weighted by Gasteiger charge is 2.22. The number of carbonyl (C=O) groups is 2. The van der Waals surface area contributed by atoms with E-state index in [1.54, 1.807) is 31.3 Å². The summed E-state index contributed by atoms with van der Waals surface area (Å²) in [7, 11) is 0. The number of rotatable bonds is 9. The van der Waals surface area contributed by atoms with Crippen LogP contribution in [0.25, 0.3) is 10.9 Å². The minimum atomic E-state index is -0.915. The lowest BCUT2D eigenvalue weighted by Gasteiger charge is -2.14. The Hall–Kier alpha value is -3.28. The second-order valence-corrected chi connectivity index (χ2v) is 6.33. The van der Waals surface area contributed by atoms with Gasteiger partial charge in [0.25, 0.3) is 0 Å². The van der Waals surface area contributed by atoms with Crippen LogP contribution in [-0.2, 0) is 9.53 Å². The third-order valence-corrected chi connectivity index (χ3v) is 4.19. The normalized spacial score (nSPS) is 11.8. The Kier molecular flexibility index (Phi) is 6.32. The highest BCUT2D eigenvalue weighted by atomic mass is 16.6. The van der Waals surface area contributed by atoms with E-state index in [1.807, 2.05) is 37.3 Å². The molecule has 0 spiro atoms. The average Bonchev–Trinajstić information content (AvgIpc) is 3.14. The fourth-order valence-corrected chi connectivity index (χ4v) is 2.82. The number of para-hydroxylation sites is 3. The summed E-state index contributed by atoms with van der Waals surface area (Å²) in [6.07, 6.45) is 1.58. The number of H-pyrrole nitrogens is 1. The summed E-state index contributed by atoms with van der Waals surface area (Å²) < 4.78 is 16.4. The van der Waals surface area contributed by atoms with Gasteiger partial charge >= 0.3 is 5.97 Å². The molecule has 0 amide bonds. The molecule has 3 rings (SSSR count). The molecule has 0 aliphatic carbocycles. The molecule has 1 N–H and O–H groups in total. The van der Waals surface area contributed by atoms with Crippen LogP contribution < -0.4 is 9.47 Å². The average molecular weight is 381 g/mol. The van der Waals surface area contributed by atoms with Crippen molar-refractivity contribution in [3.05, 3.63) is 60.3 Å². The Labute approximate surface area is 163 Å². The Bertz CT molecular complexity index is 962. The first kappa shape index (κ1) is 19.5. The lowest BCUT2D eigenvalue weighted by atomic mass is 10.1. The van der Waals surface area contributed by atoms with E-state index in [0.29, 0.717) is 23.7 Å². The number of fused-ring (bicyclic) bond motifs is 1. The van der Waals surface area contributed by atoms with E-state index in [1.165, 1.54) is 0 Å². The first-order chi connectivity index (χ1) is 13.6. The summed E-state index contributed by atoms with van der Waals surface area (Å²) >= 11 is 0. The summed E-state index contributed by atoms with van der Waals surface area (Å²) in [5.41, 5.74) is 1.35. The minimum Gasteiger partial charge on any atom is -0.490 e. The molecule has 28 heavy (non-hydrogen) atoms. The number of esters is 1.